The van der Waals surface area contributed by atoms with Crippen molar-refractivity contribution in [2.75, 3.05) is 6.61 Å². The van der Waals surface area contributed by atoms with Crippen LogP contribution in [0.4, 0.5) is 0 Å². The Morgan fingerprint density at radius 1 is 1.08 bits per heavy atom. The third kappa shape index (κ3) is 8.28. The summed E-state index contributed by atoms with van der Waals surface area (Å²) in [7, 11) is -5.14. The predicted molar refractivity (Wildman–Crippen MR) is 126 cm³/mol. The topological polar surface area (TPSA) is 237 Å². The Bertz CT molecular complexity index is 1470. The van der Waals surface area contributed by atoms with E-state index in [0.29, 0.717) is 11.0 Å². The molecular formula is C21H24N6NaO9P. The number of aromatic amines is 1. The van der Waals surface area contributed by atoms with Gasteiger partial charge in [0.2, 0.25) is 0 Å². The molecule has 0 bridgehead atoms. The summed E-state index contributed by atoms with van der Waals surface area (Å²) in [6.07, 6.45) is -0.614. The van der Waals surface area contributed by atoms with Gasteiger partial charge in [0, 0.05) is 12.4 Å². The maximum atomic E-state index is 12.2. The minimum atomic E-state index is -5.14. The third-order valence-electron chi connectivity index (χ3n) is 5.27. The molecule has 0 spiro atoms. The normalized spacial score (nSPS) is 15.0. The zero-order valence-electron chi connectivity index (χ0n) is 20.6. The summed E-state index contributed by atoms with van der Waals surface area (Å²) in [4.78, 5) is 60.6. The number of fused-ring (bicyclic) bond motifs is 2. The average Bonchev–Trinajstić information content (AvgIpc) is 2.84. The number of aryl methyl sites for hydroxylation is 2. The molecule has 3 heterocycles. The Morgan fingerprint density at radius 3 is 2.26 bits per heavy atom. The smallest absolute Gasteiger partial charge is 0.756 e. The van der Waals surface area contributed by atoms with E-state index in [9.17, 15) is 34.4 Å². The molecule has 0 aliphatic carbocycles. The maximum absolute atomic E-state index is 12.2. The van der Waals surface area contributed by atoms with Crippen molar-refractivity contribution in [1.82, 2.24) is 29.5 Å². The molecule has 198 valence electrons. The summed E-state index contributed by atoms with van der Waals surface area (Å²) >= 11 is 0. The van der Waals surface area contributed by atoms with Gasteiger partial charge in [0.1, 0.15) is 24.6 Å². The number of nitrogens with zero attached hydrogens (tertiary/aromatic N) is 5. The van der Waals surface area contributed by atoms with Crippen LogP contribution in [0.5, 0.6) is 0 Å². The average molecular weight is 558 g/mol. The molecule has 17 heteroatoms. The van der Waals surface area contributed by atoms with E-state index >= 15 is 0 Å². The van der Waals surface area contributed by atoms with Crippen LogP contribution in [0.2, 0.25) is 0 Å². The van der Waals surface area contributed by atoms with Crippen LogP contribution in [0.1, 0.15) is 11.1 Å². The maximum Gasteiger partial charge on any atom is 1.00 e. The molecule has 5 N–H and O–H groups in total. The van der Waals surface area contributed by atoms with E-state index < -0.39 is 50.5 Å². The zero-order chi connectivity index (χ0) is 27.3. The molecule has 1 aromatic carbocycles. The van der Waals surface area contributed by atoms with Crippen molar-refractivity contribution in [2.45, 2.75) is 38.7 Å². The second-order valence-corrected chi connectivity index (χ2v) is 9.18. The second kappa shape index (κ2) is 13.6. The molecule has 0 fully saturated rings. The first-order valence-electron chi connectivity index (χ1n) is 10.7. The number of aromatic nitrogens is 6. The van der Waals surface area contributed by atoms with Crippen molar-refractivity contribution in [3.8, 4) is 11.5 Å². The summed E-state index contributed by atoms with van der Waals surface area (Å²) in [5.41, 5.74) is 0.565. The number of hydrogen-bond acceptors (Lipinski definition) is 12. The predicted octanol–water partition coefficient (Wildman–Crippen LogP) is -4.76. The van der Waals surface area contributed by atoms with E-state index in [-0.39, 0.29) is 41.1 Å². The molecule has 0 radical (unpaired) electrons. The van der Waals surface area contributed by atoms with Gasteiger partial charge in [-0.05, 0) is 43.2 Å². The fourth-order valence-electron chi connectivity index (χ4n) is 3.31. The number of benzene rings is 1. The number of aliphatic hydroxyl groups is 3. The summed E-state index contributed by atoms with van der Waals surface area (Å²) in [6, 6.07) is 5.17. The molecule has 0 saturated heterocycles. The monoisotopic (exact) mass is 558 g/mol. The van der Waals surface area contributed by atoms with Gasteiger partial charge in [-0.15, -0.1) is 0 Å². The Morgan fingerprint density at radius 2 is 1.71 bits per heavy atom. The Balaban J connectivity index is 0.000000637. The number of nitrogens with one attached hydrogen (secondary N) is 1. The van der Waals surface area contributed by atoms with E-state index in [4.69, 9.17) is 4.89 Å². The van der Waals surface area contributed by atoms with Gasteiger partial charge >= 0.3 is 35.2 Å². The van der Waals surface area contributed by atoms with Crippen molar-refractivity contribution in [3.05, 3.63) is 68.9 Å². The number of phosphoric ester groups is 1. The Kier molecular flexibility index (Phi) is 11.4. The standard InChI is InChI=1S/C17H21N4O9P.C4H4N2.Na/c1-7-3-9-10(4-8(7)2)21(15-13(18-9)16(25)20-17(26)19-15)5-11(22)14(24)12(23)6-30-31(27,28)29;1-2-5-4-6-3-1;/h3-4,11-12,14,22-24H,5-6H2,1-2H3,(H,20,25,26)(H2,27,28,29);1-4H;/q;;+1/p-1/t11-,12+,14-;;/m0../s1. The minimum absolute atomic E-state index is 0. The molecule has 38 heavy (non-hydrogen) atoms. The molecule has 0 amide bonds. The van der Waals surface area contributed by atoms with Gasteiger partial charge in [0.25, 0.3) is 13.4 Å². The van der Waals surface area contributed by atoms with Gasteiger partial charge < -0.3 is 34.2 Å². The molecule has 1 aromatic heterocycles. The summed E-state index contributed by atoms with van der Waals surface area (Å²) in [5.74, 6) is -0.152. The molecule has 0 saturated carbocycles. The molecule has 2 aliphatic rings. The minimum Gasteiger partial charge on any atom is -0.756 e. The first kappa shape index (κ1) is 31.8. The van der Waals surface area contributed by atoms with Crippen molar-refractivity contribution >= 4 is 18.9 Å². The van der Waals surface area contributed by atoms with Crippen LogP contribution in [-0.4, -0.2) is 74.6 Å². The quantitative estimate of drug-likeness (QED) is 0.0815. The number of aliphatic hydroxyl groups excluding tert-OH is 3. The molecule has 2 aromatic rings. The van der Waals surface area contributed by atoms with Gasteiger partial charge in [-0.2, -0.15) is 4.98 Å². The fraction of sp³-hybridized carbons (Fsp3) is 0.333. The van der Waals surface area contributed by atoms with Gasteiger partial charge in [0.05, 0.1) is 24.2 Å². The van der Waals surface area contributed by atoms with Crippen molar-refractivity contribution in [3.63, 3.8) is 0 Å². The van der Waals surface area contributed by atoms with Crippen LogP contribution in [0.15, 0.2) is 46.5 Å². The van der Waals surface area contributed by atoms with Crippen molar-refractivity contribution in [2.24, 2.45) is 0 Å². The van der Waals surface area contributed by atoms with Crippen LogP contribution < -0.4 is 45.7 Å². The van der Waals surface area contributed by atoms with Crippen LogP contribution >= 0.6 is 7.82 Å². The van der Waals surface area contributed by atoms with Gasteiger partial charge in [-0.25, -0.2) is 19.7 Å². The Labute approximate surface area is 237 Å². The zero-order valence-corrected chi connectivity index (χ0v) is 23.5. The molecule has 1 unspecified atom stereocenters. The first-order chi connectivity index (χ1) is 17.4. The number of phosphoric acid groups is 1. The van der Waals surface area contributed by atoms with Crippen LogP contribution in [0.25, 0.3) is 22.6 Å². The molecule has 4 atom stereocenters. The van der Waals surface area contributed by atoms with Crippen molar-refractivity contribution in [1.29, 1.82) is 0 Å². The van der Waals surface area contributed by atoms with Gasteiger partial charge in [0.15, 0.2) is 11.5 Å². The van der Waals surface area contributed by atoms with Crippen LogP contribution in [-0.2, 0) is 15.6 Å². The van der Waals surface area contributed by atoms with E-state index in [1.807, 2.05) is 18.8 Å². The summed E-state index contributed by atoms with van der Waals surface area (Å²) < 4.78 is 16.0. The third-order valence-corrected chi connectivity index (χ3v) is 5.74. The number of H-pyrrole nitrogens is 1. The largest absolute Gasteiger partial charge is 1.00 e. The van der Waals surface area contributed by atoms with E-state index in [2.05, 4.69) is 24.5 Å². The molecule has 2 aliphatic heterocycles. The molecular weight excluding hydrogens is 534 g/mol. The van der Waals surface area contributed by atoms with E-state index in [1.54, 1.807) is 30.6 Å². The fourth-order valence-corrected chi connectivity index (χ4v) is 3.65. The second-order valence-electron chi connectivity index (χ2n) is 7.98. The Hall–Kier alpha value is -2.43. The van der Waals surface area contributed by atoms with E-state index in [1.165, 1.54) is 10.9 Å². The summed E-state index contributed by atoms with van der Waals surface area (Å²) in [5, 5.41) is 30.5. The summed E-state index contributed by atoms with van der Waals surface area (Å²) in [6.45, 7) is 2.20. The van der Waals surface area contributed by atoms with Crippen LogP contribution in [0.3, 0.4) is 0 Å². The van der Waals surface area contributed by atoms with Crippen molar-refractivity contribution < 1.29 is 63.8 Å². The number of hydrogen-bond donors (Lipinski definition) is 5. The van der Waals surface area contributed by atoms with E-state index in [0.717, 1.165) is 11.1 Å². The SMILES string of the molecule is Cc1cc2nc3c(=O)[nH]c(=O)nc-3n(C[C@H](O)[C@H](O)[C@H](O)COP(=O)([O-])O)c2cc1C.[Na+].c1cncnc1. The van der Waals surface area contributed by atoms with Gasteiger partial charge in [-0.3, -0.25) is 14.3 Å². The van der Waals surface area contributed by atoms with Gasteiger partial charge in [-0.1, -0.05) is 0 Å². The van der Waals surface area contributed by atoms with Crippen LogP contribution in [0, 0.1) is 13.8 Å². The number of rotatable bonds is 7. The molecule has 15 nitrogen and oxygen atoms in total. The first-order valence-corrected chi connectivity index (χ1v) is 12.2. The molecule has 4 rings (SSSR count).